The smallest absolute Gasteiger partial charge is 0.220 e. The molecule has 5 heteroatoms. The highest BCUT2D eigenvalue weighted by Crippen LogP contribution is 2.17. The average molecular weight is 337 g/mol. The minimum absolute atomic E-state index is 0.0246. The molecule has 130 valence electrons. The first kappa shape index (κ1) is 17.3. The van der Waals surface area contributed by atoms with E-state index in [1.54, 1.807) is 12.4 Å². The number of fused-ring (bicyclic) bond motifs is 1. The van der Waals surface area contributed by atoms with E-state index in [0.29, 0.717) is 12.1 Å². The summed E-state index contributed by atoms with van der Waals surface area (Å²) in [4.78, 5) is 28.3. The van der Waals surface area contributed by atoms with E-state index in [0.717, 1.165) is 31.5 Å². The first-order chi connectivity index (χ1) is 12.2. The standard InChI is InChI=1S/C20H23N3O2/c24-19(5-6-20(25)23-14-15-2-1-9-22-13-15)18-4-3-16-7-10-21-11-8-17(16)12-18/h1-4,9,12-13,21H,5-8,10-11,14H2,(H,23,25). The van der Waals surface area contributed by atoms with Crippen molar-refractivity contribution >= 4 is 11.7 Å². The van der Waals surface area contributed by atoms with Crippen LogP contribution in [0.1, 0.15) is 39.9 Å². The molecule has 1 amide bonds. The predicted octanol–water partition coefficient (Wildman–Crippen LogP) is 2.05. The van der Waals surface area contributed by atoms with Crippen LogP contribution >= 0.6 is 0 Å². The van der Waals surface area contributed by atoms with Crippen LogP contribution in [0.15, 0.2) is 42.7 Å². The normalized spacial score (nSPS) is 13.6. The van der Waals surface area contributed by atoms with Crippen molar-refractivity contribution in [1.82, 2.24) is 15.6 Å². The lowest BCUT2D eigenvalue weighted by Gasteiger charge is -2.08. The number of aromatic nitrogens is 1. The molecule has 1 aliphatic rings. The fraction of sp³-hybridized carbons (Fsp3) is 0.350. The number of pyridine rings is 1. The third-order valence-corrected chi connectivity index (χ3v) is 4.46. The van der Waals surface area contributed by atoms with Crippen molar-refractivity contribution in [3.8, 4) is 0 Å². The molecule has 0 saturated heterocycles. The second-order valence-electron chi connectivity index (χ2n) is 6.29. The van der Waals surface area contributed by atoms with Crippen molar-refractivity contribution in [3.05, 3.63) is 65.0 Å². The van der Waals surface area contributed by atoms with Crippen molar-refractivity contribution in [2.45, 2.75) is 32.2 Å². The minimum Gasteiger partial charge on any atom is -0.352 e. The summed E-state index contributed by atoms with van der Waals surface area (Å²) in [6.45, 7) is 2.37. The van der Waals surface area contributed by atoms with Crippen LogP contribution in [0.25, 0.3) is 0 Å². The number of nitrogens with zero attached hydrogens (tertiary/aromatic N) is 1. The van der Waals surface area contributed by atoms with Gasteiger partial charge in [-0.1, -0.05) is 18.2 Å². The Morgan fingerprint density at radius 3 is 2.72 bits per heavy atom. The SMILES string of the molecule is O=C(CCC(=O)c1ccc2c(c1)CCNCC2)NCc1cccnc1. The molecule has 0 unspecified atom stereocenters. The minimum atomic E-state index is -0.115. The van der Waals surface area contributed by atoms with Gasteiger partial charge in [0, 0.05) is 37.3 Å². The Labute approximate surface area is 147 Å². The lowest BCUT2D eigenvalue weighted by molar-refractivity contribution is -0.121. The van der Waals surface area contributed by atoms with Gasteiger partial charge in [-0.15, -0.1) is 0 Å². The van der Waals surface area contributed by atoms with Crippen LogP contribution in [0.3, 0.4) is 0 Å². The molecule has 0 fully saturated rings. The number of hydrogen-bond donors (Lipinski definition) is 2. The highest BCUT2D eigenvalue weighted by Gasteiger charge is 2.13. The van der Waals surface area contributed by atoms with Crippen LogP contribution in [-0.2, 0) is 24.2 Å². The zero-order valence-corrected chi connectivity index (χ0v) is 14.3. The molecule has 0 aliphatic carbocycles. The molecule has 0 atom stereocenters. The number of carbonyl (C=O) groups is 2. The molecule has 0 bridgehead atoms. The molecule has 1 aliphatic heterocycles. The summed E-state index contributed by atoms with van der Waals surface area (Å²) in [5.41, 5.74) is 4.22. The van der Waals surface area contributed by atoms with Crippen LogP contribution < -0.4 is 10.6 Å². The summed E-state index contributed by atoms with van der Waals surface area (Å²) >= 11 is 0. The second-order valence-corrected chi connectivity index (χ2v) is 6.29. The number of rotatable bonds is 6. The number of hydrogen-bond acceptors (Lipinski definition) is 4. The second kappa shape index (κ2) is 8.53. The lowest BCUT2D eigenvalue weighted by Crippen LogP contribution is -2.23. The summed E-state index contributed by atoms with van der Waals surface area (Å²) in [7, 11) is 0. The molecule has 2 heterocycles. The Bertz CT molecular complexity index is 744. The molecule has 0 spiro atoms. The zero-order valence-electron chi connectivity index (χ0n) is 14.3. The van der Waals surface area contributed by atoms with Crippen LogP contribution in [0.4, 0.5) is 0 Å². The number of carbonyl (C=O) groups excluding carboxylic acids is 2. The Morgan fingerprint density at radius 2 is 1.92 bits per heavy atom. The maximum atomic E-state index is 12.4. The first-order valence-corrected chi connectivity index (χ1v) is 8.74. The van der Waals surface area contributed by atoms with E-state index in [9.17, 15) is 9.59 Å². The van der Waals surface area contributed by atoms with Crippen LogP contribution in [0.5, 0.6) is 0 Å². The van der Waals surface area contributed by atoms with E-state index < -0.39 is 0 Å². The summed E-state index contributed by atoms with van der Waals surface area (Å²) in [5, 5.41) is 6.19. The van der Waals surface area contributed by atoms with Crippen molar-refractivity contribution < 1.29 is 9.59 Å². The van der Waals surface area contributed by atoms with Gasteiger partial charge in [-0.2, -0.15) is 0 Å². The van der Waals surface area contributed by atoms with E-state index in [-0.39, 0.29) is 24.5 Å². The molecule has 2 N–H and O–H groups in total. The first-order valence-electron chi connectivity index (χ1n) is 8.74. The highest BCUT2D eigenvalue weighted by molar-refractivity contribution is 5.98. The molecule has 25 heavy (non-hydrogen) atoms. The van der Waals surface area contributed by atoms with Gasteiger partial charge in [0.1, 0.15) is 0 Å². The quantitative estimate of drug-likeness (QED) is 0.792. The highest BCUT2D eigenvalue weighted by atomic mass is 16.2. The summed E-state index contributed by atoms with van der Waals surface area (Å²) in [6.07, 6.45) is 5.80. The monoisotopic (exact) mass is 337 g/mol. The molecular formula is C20H23N3O2. The third-order valence-electron chi connectivity index (χ3n) is 4.46. The van der Waals surface area contributed by atoms with Gasteiger partial charge in [-0.05, 0) is 54.8 Å². The number of Topliss-reactive ketones (excluding diaryl/α,β-unsaturated/α-hetero) is 1. The molecule has 5 nitrogen and oxygen atoms in total. The number of ketones is 1. The Hall–Kier alpha value is -2.53. The largest absolute Gasteiger partial charge is 0.352 e. The zero-order chi connectivity index (χ0) is 17.5. The molecular weight excluding hydrogens is 314 g/mol. The van der Waals surface area contributed by atoms with Crippen LogP contribution in [0.2, 0.25) is 0 Å². The van der Waals surface area contributed by atoms with Gasteiger partial charge in [0.25, 0.3) is 0 Å². The van der Waals surface area contributed by atoms with Crippen molar-refractivity contribution in [1.29, 1.82) is 0 Å². The van der Waals surface area contributed by atoms with Crippen LogP contribution in [0, 0.1) is 0 Å². The lowest BCUT2D eigenvalue weighted by atomic mass is 9.97. The Morgan fingerprint density at radius 1 is 1.08 bits per heavy atom. The van der Waals surface area contributed by atoms with Crippen LogP contribution in [-0.4, -0.2) is 29.8 Å². The van der Waals surface area contributed by atoms with Gasteiger partial charge in [0.05, 0.1) is 0 Å². The van der Waals surface area contributed by atoms with E-state index >= 15 is 0 Å². The molecule has 1 aromatic carbocycles. The van der Waals surface area contributed by atoms with Crippen molar-refractivity contribution in [2.24, 2.45) is 0 Å². The molecule has 2 aromatic rings. The van der Waals surface area contributed by atoms with Gasteiger partial charge in [0.2, 0.25) is 5.91 Å². The summed E-state index contributed by atoms with van der Waals surface area (Å²) in [5.74, 6) is -0.0901. The topological polar surface area (TPSA) is 71.1 Å². The number of benzene rings is 1. The number of nitrogens with one attached hydrogen (secondary N) is 2. The maximum Gasteiger partial charge on any atom is 0.220 e. The molecule has 1 aromatic heterocycles. The molecule has 0 saturated carbocycles. The molecule has 3 rings (SSSR count). The predicted molar refractivity (Wildman–Crippen MR) is 96.4 cm³/mol. The van der Waals surface area contributed by atoms with E-state index in [4.69, 9.17) is 0 Å². The molecule has 0 radical (unpaired) electrons. The van der Waals surface area contributed by atoms with Gasteiger partial charge in [-0.25, -0.2) is 0 Å². The fourth-order valence-electron chi connectivity index (χ4n) is 3.01. The van der Waals surface area contributed by atoms with Gasteiger partial charge < -0.3 is 10.6 Å². The average Bonchev–Trinajstić information content (AvgIpc) is 2.90. The third kappa shape index (κ3) is 4.97. The van der Waals surface area contributed by atoms with Gasteiger partial charge >= 0.3 is 0 Å². The van der Waals surface area contributed by atoms with Crippen molar-refractivity contribution in [3.63, 3.8) is 0 Å². The Kier molecular flexibility index (Phi) is 5.90. The van der Waals surface area contributed by atoms with E-state index in [1.807, 2.05) is 24.3 Å². The van der Waals surface area contributed by atoms with E-state index in [1.165, 1.54) is 11.1 Å². The van der Waals surface area contributed by atoms with Gasteiger partial charge in [0.15, 0.2) is 5.78 Å². The van der Waals surface area contributed by atoms with Crippen molar-refractivity contribution in [2.75, 3.05) is 13.1 Å². The summed E-state index contributed by atoms with van der Waals surface area (Å²) in [6, 6.07) is 9.68. The summed E-state index contributed by atoms with van der Waals surface area (Å²) < 4.78 is 0. The maximum absolute atomic E-state index is 12.4. The number of amides is 1. The fourth-order valence-corrected chi connectivity index (χ4v) is 3.01. The Balaban J connectivity index is 1.50. The van der Waals surface area contributed by atoms with E-state index in [2.05, 4.69) is 21.7 Å². The van der Waals surface area contributed by atoms with Gasteiger partial charge in [-0.3, -0.25) is 14.6 Å².